The third kappa shape index (κ3) is 7.84. The average Bonchev–Trinajstić information content (AvgIpc) is 2.84. The first-order chi connectivity index (χ1) is 17.1. The Hall–Kier alpha value is -3.85. The topological polar surface area (TPSA) is 97.3 Å². The minimum Gasteiger partial charge on any atom is -0.493 e. The summed E-state index contributed by atoms with van der Waals surface area (Å²) in [6, 6.07) is 22.0. The summed E-state index contributed by atoms with van der Waals surface area (Å²) in [5, 5.41) is 3.98. The van der Waals surface area contributed by atoms with Gasteiger partial charge in [-0.2, -0.15) is 5.10 Å². The van der Waals surface area contributed by atoms with E-state index in [1.54, 1.807) is 24.3 Å². The molecular formula is C27H31N3O5S. The number of nitrogens with one attached hydrogen (secondary N) is 1. The number of carbonyl (C=O) groups excluding carboxylic acids is 1. The van der Waals surface area contributed by atoms with Crippen molar-refractivity contribution in [3.63, 3.8) is 0 Å². The predicted molar refractivity (Wildman–Crippen MR) is 142 cm³/mol. The van der Waals surface area contributed by atoms with Crippen LogP contribution in [-0.2, 0) is 14.8 Å². The Bertz CT molecular complexity index is 1260. The lowest BCUT2D eigenvalue weighted by molar-refractivity contribution is -0.121. The molecule has 3 rings (SSSR count). The van der Waals surface area contributed by atoms with Crippen LogP contribution in [0.2, 0.25) is 0 Å². The number of ether oxygens (including phenoxy) is 2. The first-order valence-corrected chi connectivity index (χ1v) is 13.4. The fourth-order valence-corrected chi connectivity index (χ4v) is 4.45. The number of nitrogens with zero attached hydrogens (tertiary/aromatic N) is 2. The monoisotopic (exact) mass is 509 g/mol. The molecule has 36 heavy (non-hydrogen) atoms. The molecule has 0 aliphatic rings. The molecule has 1 amide bonds. The standard InChI is InChI=1S/C27H31N3O5S/c1-20(2)19-34-24-14-10-22(11-15-24)18-28-29-27(31)21(3)30(36(4,32)33)23-12-16-26(17-13-23)35-25-8-6-5-7-9-25/h5-18,20-21H,19H2,1-4H3,(H,29,31)/b28-18-/t21-/m0/s1. The number of benzene rings is 3. The first-order valence-electron chi connectivity index (χ1n) is 11.5. The van der Waals surface area contributed by atoms with E-state index in [0.717, 1.165) is 21.9 Å². The number of sulfonamides is 1. The number of amides is 1. The Balaban J connectivity index is 1.65. The van der Waals surface area contributed by atoms with E-state index < -0.39 is 22.0 Å². The van der Waals surface area contributed by atoms with E-state index in [-0.39, 0.29) is 0 Å². The Morgan fingerprint density at radius 1 is 0.917 bits per heavy atom. The van der Waals surface area contributed by atoms with Crippen molar-refractivity contribution in [1.29, 1.82) is 0 Å². The summed E-state index contributed by atoms with van der Waals surface area (Å²) in [5.41, 5.74) is 3.51. The zero-order valence-electron chi connectivity index (χ0n) is 20.8. The van der Waals surface area contributed by atoms with Crippen molar-refractivity contribution >= 4 is 27.8 Å². The maximum atomic E-state index is 12.7. The Morgan fingerprint density at radius 2 is 1.50 bits per heavy atom. The highest BCUT2D eigenvalue weighted by molar-refractivity contribution is 7.92. The van der Waals surface area contributed by atoms with Gasteiger partial charge in [-0.05, 0) is 79.1 Å². The number of anilines is 1. The van der Waals surface area contributed by atoms with Crippen LogP contribution in [0.15, 0.2) is 84.0 Å². The number of rotatable bonds is 11. The second-order valence-electron chi connectivity index (χ2n) is 8.65. The molecule has 0 radical (unpaired) electrons. The summed E-state index contributed by atoms with van der Waals surface area (Å²) >= 11 is 0. The summed E-state index contributed by atoms with van der Waals surface area (Å²) < 4.78 is 37.5. The maximum absolute atomic E-state index is 12.7. The molecule has 3 aromatic carbocycles. The molecule has 0 aromatic heterocycles. The SMILES string of the molecule is CC(C)COc1ccc(/C=N\NC(=O)[C@H](C)N(c2ccc(Oc3ccccc3)cc2)S(C)(=O)=O)cc1. The van der Waals surface area contributed by atoms with Gasteiger partial charge >= 0.3 is 0 Å². The highest BCUT2D eigenvalue weighted by Gasteiger charge is 2.29. The van der Waals surface area contributed by atoms with Crippen LogP contribution in [0.25, 0.3) is 0 Å². The lowest BCUT2D eigenvalue weighted by atomic mass is 10.2. The van der Waals surface area contributed by atoms with Crippen molar-refractivity contribution < 1.29 is 22.7 Å². The largest absolute Gasteiger partial charge is 0.493 e. The second-order valence-corrected chi connectivity index (χ2v) is 10.5. The van der Waals surface area contributed by atoms with Gasteiger partial charge in [-0.15, -0.1) is 0 Å². The van der Waals surface area contributed by atoms with E-state index in [9.17, 15) is 13.2 Å². The highest BCUT2D eigenvalue weighted by atomic mass is 32.2. The van der Waals surface area contributed by atoms with E-state index in [1.807, 2.05) is 54.6 Å². The fourth-order valence-electron chi connectivity index (χ4n) is 3.27. The van der Waals surface area contributed by atoms with Gasteiger partial charge < -0.3 is 9.47 Å². The molecule has 0 saturated carbocycles. The number of carbonyl (C=O) groups is 1. The van der Waals surface area contributed by atoms with E-state index in [2.05, 4.69) is 24.4 Å². The van der Waals surface area contributed by atoms with Crippen LogP contribution in [0, 0.1) is 5.92 Å². The van der Waals surface area contributed by atoms with Gasteiger partial charge in [0.05, 0.1) is 24.8 Å². The van der Waals surface area contributed by atoms with Crippen molar-refractivity contribution in [2.45, 2.75) is 26.8 Å². The normalized spacial score (nSPS) is 12.4. The average molecular weight is 510 g/mol. The van der Waals surface area contributed by atoms with Crippen LogP contribution in [0.4, 0.5) is 5.69 Å². The number of para-hydroxylation sites is 1. The summed E-state index contributed by atoms with van der Waals surface area (Å²) in [6.45, 7) is 6.28. The van der Waals surface area contributed by atoms with E-state index in [1.165, 1.54) is 13.1 Å². The summed E-state index contributed by atoms with van der Waals surface area (Å²) in [4.78, 5) is 12.7. The second kappa shape index (κ2) is 12.2. The molecular weight excluding hydrogens is 478 g/mol. The molecule has 0 bridgehead atoms. The molecule has 1 atom stereocenters. The summed E-state index contributed by atoms with van der Waals surface area (Å²) in [7, 11) is -3.76. The van der Waals surface area contributed by atoms with Crippen molar-refractivity contribution in [2.75, 3.05) is 17.2 Å². The highest BCUT2D eigenvalue weighted by Crippen LogP contribution is 2.27. The zero-order valence-corrected chi connectivity index (χ0v) is 21.6. The number of hydrogen-bond donors (Lipinski definition) is 1. The smallest absolute Gasteiger partial charge is 0.263 e. The lowest BCUT2D eigenvalue weighted by Crippen LogP contribution is -2.46. The molecule has 0 saturated heterocycles. The summed E-state index contributed by atoms with van der Waals surface area (Å²) in [6.07, 6.45) is 2.54. The third-order valence-electron chi connectivity index (χ3n) is 5.01. The molecule has 9 heteroatoms. The van der Waals surface area contributed by atoms with Crippen LogP contribution in [0.3, 0.4) is 0 Å². The lowest BCUT2D eigenvalue weighted by Gasteiger charge is -2.27. The van der Waals surface area contributed by atoms with Gasteiger partial charge in [-0.1, -0.05) is 32.0 Å². The molecule has 190 valence electrons. The van der Waals surface area contributed by atoms with Crippen molar-refractivity contribution in [3.05, 3.63) is 84.4 Å². The van der Waals surface area contributed by atoms with Gasteiger partial charge in [0.25, 0.3) is 5.91 Å². The van der Waals surface area contributed by atoms with Crippen LogP contribution < -0.4 is 19.2 Å². The first kappa shape index (κ1) is 26.7. The summed E-state index contributed by atoms with van der Waals surface area (Å²) in [5.74, 6) is 1.81. The van der Waals surface area contributed by atoms with Gasteiger partial charge in [0.1, 0.15) is 23.3 Å². The Morgan fingerprint density at radius 3 is 2.08 bits per heavy atom. The minimum absolute atomic E-state index is 0.335. The Labute approximate surface area is 212 Å². The van der Waals surface area contributed by atoms with Gasteiger partial charge in [0, 0.05) is 0 Å². The van der Waals surface area contributed by atoms with Crippen molar-refractivity contribution in [3.8, 4) is 17.2 Å². The minimum atomic E-state index is -3.76. The molecule has 0 unspecified atom stereocenters. The van der Waals surface area contributed by atoms with Gasteiger partial charge in [-0.25, -0.2) is 13.8 Å². The van der Waals surface area contributed by atoms with E-state index in [0.29, 0.717) is 29.7 Å². The van der Waals surface area contributed by atoms with E-state index >= 15 is 0 Å². The molecule has 0 fully saturated rings. The molecule has 0 aliphatic carbocycles. The molecule has 8 nitrogen and oxygen atoms in total. The van der Waals surface area contributed by atoms with E-state index in [4.69, 9.17) is 9.47 Å². The van der Waals surface area contributed by atoms with Crippen LogP contribution in [0.1, 0.15) is 26.3 Å². The van der Waals surface area contributed by atoms with Gasteiger partial charge in [0.2, 0.25) is 10.0 Å². The van der Waals surface area contributed by atoms with Crippen LogP contribution in [0.5, 0.6) is 17.2 Å². The molecule has 1 N–H and O–H groups in total. The van der Waals surface area contributed by atoms with Gasteiger partial charge in [0.15, 0.2) is 0 Å². The molecule has 0 spiro atoms. The molecule has 0 heterocycles. The maximum Gasteiger partial charge on any atom is 0.263 e. The number of hydrazone groups is 1. The van der Waals surface area contributed by atoms with Crippen LogP contribution >= 0.6 is 0 Å². The van der Waals surface area contributed by atoms with Crippen LogP contribution in [-0.4, -0.2) is 39.4 Å². The zero-order chi connectivity index (χ0) is 26.1. The third-order valence-corrected chi connectivity index (χ3v) is 6.25. The van der Waals surface area contributed by atoms with Gasteiger partial charge in [-0.3, -0.25) is 9.10 Å². The van der Waals surface area contributed by atoms with Crippen molar-refractivity contribution in [2.24, 2.45) is 11.0 Å². The fraction of sp³-hybridized carbons (Fsp3) is 0.259. The quantitative estimate of drug-likeness (QED) is 0.295. The Kier molecular flexibility index (Phi) is 9.08. The molecule has 3 aromatic rings. The molecule has 0 aliphatic heterocycles. The van der Waals surface area contributed by atoms with Crippen molar-refractivity contribution in [1.82, 2.24) is 5.43 Å². The number of hydrogen-bond acceptors (Lipinski definition) is 6. The predicted octanol–water partition coefficient (Wildman–Crippen LogP) is 4.82.